The van der Waals surface area contributed by atoms with E-state index in [0.29, 0.717) is 13.0 Å². The highest BCUT2D eigenvalue weighted by molar-refractivity contribution is 5.78. The molecule has 102 valence electrons. The van der Waals surface area contributed by atoms with Crippen LogP contribution in [-0.4, -0.2) is 31.4 Å². The molecule has 0 aliphatic rings. The molecule has 4 nitrogen and oxygen atoms in total. The summed E-state index contributed by atoms with van der Waals surface area (Å²) in [7, 11) is 3.59. The van der Waals surface area contributed by atoms with Gasteiger partial charge < -0.3 is 5.32 Å². The Labute approximate surface area is 115 Å². The van der Waals surface area contributed by atoms with Gasteiger partial charge in [0.15, 0.2) is 0 Å². The normalized spacial score (nSPS) is 13.6. The second-order valence-electron chi connectivity index (χ2n) is 4.74. The van der Waals surface area contributed by atoms with E-state index in [1.165, 1.54) is 0 Å². The fourth-order valence-corrected chi connectivity index (χ4v) is 2.18. The number of nitriles is 1. The highest BCUT2D eigenvalue weighted by atomic mass is 16.1. The van der Waals surface area contributed by atoms with Crippen molar-refractivity contribution in [1.29, 1.82) is 5.26 Å². The van der Waals surface area contributed by atoms with E-state index in [2.05, 4.69) is 16.3 Å². The predicted octanol–water partition coefficient (Wildman–Crippen LogP) is 1.96. The Morgan fingerprint density at radius 2 is 2.05 bits per heavy atom. The van der Waals surface area contributed by atoms with E-state index in [1.807, 2.05) is 44.3 Å². The lowest BCUT2D eigenvalue weighted by Gasteiger charge is -2.28. The number of carbonyl (C=O) groups is 1. The first-order valence-electron chi connectivity index (χ1n) is 6.43. The zero-order chi connectivity index (χ0) is 14.3. The van der Waals surface area contributed by atoms with Crippen molar-refractivity contribution in [2.75, 3.05) is 20.6 Å². The summed E-state index contributed by atoms with van der Waals surface area (Å²) in [5.74, 6) is -0.0736. The minimum atomic E-state index is -0.0973. The number of nitrogens with zero attached hydrogens (tertiary/aromatic N) is 2. The minimum absolute atomic E-state index is 0.0237. The van der Waals surface area contributed by atoms with Crippen LogP contribution in [0.1, 0.15) is 24.9 Å². The average Bonchev–Trinajstić information content (AvgIpc) is 2.44. The summed E-state index contributed by atoms with van der Waals surface area (Å²) in [6.45, 7) is 2.52. The zero-order valence-corrected chi connectivity index (χ0v) is 11.8. The Bertz CT molecular complexity index is 438. The lowest BCUT2D eigenvalue weighted by atomic mass is 10.0. The Morgan fingerprint density at radius 1 is 1.42 bits per heavy atom. The van der Waals surface area contributed by atoms with Gasteiger partial charge in [-0.05, 0) is 12.6 Å². The van der Waals surface area contributed by atoms with Crippen molar-refractivity contribution in [3.05, 3.63) is 35.9 Å². The second kappa shape index (κ2) is 7.55. The second-order valence-corrected chi connectivity index (χ2v) is 4.74. The van der Waals surface area contributed by atoms with E-state index in [0.717, 1.165) is 5.56 Å². The Kier molecular flexibility index (Phi) is 6.04. The van der Waals surface area contributed by atoms with E-state index < -0.39 is 0 Å². The number of amides is 1. The molecule has 4 heteroatoms. The molecule has 19 heavy (non-hydrogen) atoms. The summed E-state index contributed by atoms with van der Waals surface area (Å²) in [6, 6.07) is 12.2. The van der Waals surface area contributed by atoms with Crippen molar-refractivity contribution >= 4 is 5.91 Å². The van der Waals surface area contributed by atoms with E-state index in [-0.39, 0.29) is 17.9 Å². The van der Waals surface area contributed by atoms with E-state index in [1.54, 1.807) is 7.05 Å². The van der Waals surface area contributed by atoms with Gasteiger partial charge >= 0.3 is 0 Å². The van der Waals surface area contributed by atoms with Crippen molar-refractivity contribution in [1.82, 2.24) is 10.2 Å². The van der Waals surface area contributed by atoms with Crippen LogP contribution in [-0.2, 0) is 4.79 Å². The highest BCUT2D eigenvalue weighted by Crippen LogP contribution is 2.23. The number of hydrogen-bond donors (Lipinski definition) is 1. The fraction of sp³-hybridized carbons (Fsp3) is 0.467. The average molecular weight is 259 g/mol. The number of carbonyl (C=O) groups excluding carboxylic acids is 1. The topological polar surface area (TPSA) is 56.1 Å². The summed E-state index contributed by atoms with van der Waals surface area (Å²) in [4.78, 5) is 13.6. The van der Waals surface area contributed by atoms with E-state index in [9.17, 15) is 4.79 Å². The van der Waals surface area contributed by atoms with Gasteiger partial charge in [0.2, 0.25) is 5.91 Å². The van der Waals surface area contributed by atoms with Crippen LogP contribution in [0, 0.1) is 17.2 Å². The van der Waals surface area contributed by atoms with Gasteiger partial charge in [0.05, 0.1) is 12.5 Å². The molecule has 2 unspecified atom stereocenters. The SMILES string of the molecule is CNC(=O)C(C)CN(C)C(CC#N)c1ccccc1. The van der Waals surface area contributed by atoms with E-state index >= 15 is 0 Å². The van der Waals surface area contributed by atoms with Gasteiger partial charge in [0.1, 0.15) is 0 Å². The van der Waals surface area contributed by atoms with E-state index in [4.69, 9.17) is 5.26 Å². The van der Waals surface area contributed by atoms with Gasteiger partial charge in [-0.3, -0.25) is 9.69 Å². The maximum absolute atomic E-state index is 11.6. The van der Waals surface area contributed by atoms with Crippen LogP contribution in [0.4, 0.5) is 0 Å². The lowest BCUT2D eigenvalue weighted by Crippen LogP contribution is -2.36. The maximum atomic E-state index is 11.6. The lowest BCUT2D eigenvalue weighted by molar-refractivity contribution is -0.124. The first-order chi connectivity index (χ1) is 9.10. The molecule has 0 aliphatic heterocycles. The highest BCUT2D eigenvalue weighted by Gasteiger charge is 2.21. The first kappa shape index (κ1) is 15.2. The Morgan fingerprint density at radius 3 is 2.58 bits per heavy atom. The molecule has 2 atom stereocenters. The standard InChI is InChI=1S/C15H21N3O/c1-12(15(19)17-2)11-18(3)14(9-10-16)13-7-5-4-6-8-13/h4-8,12,14H,9,11H2,1-3H3,(H,17,19). The van der Waals surface area contributed by atoms with Gasteiger partial charge in [0, 0.05) is 25.6 Å². The molecule has 1 aromatic rings. The number of rotatable bonds is 6. The molecule has 0 aliphatic carbocycles. The van der Waals surface area contributed by atoms with Crippen LogP contribution >= 0.6 is 0 Å². The van der Waals surface area contributed by atoms with Crippen LogP contribution in [0.2, 0.25) is 0 Å². The predicted molar refractivity (Wildman–Crippen MR) is 75.3 cm³/mol. The van der Waals surface area contributed by atoms with Crippen LogP contribution in [0.3, 0.4) is 0 Å². The summed E-state index contributed by atoms with van der Waals surface area (Å²) in [5.41, 5.74) is 1.11. The van der Waals surface area contributed by atoms with Crippen molar-refractivity contribution in [3.63, 3.8) is 0 Å². The van der Waals surface area contributed by atoms with Crippen LogP contribution < -0.4 is 5.32 Å². The maximum Gasteiger partial charge on any atom is 0.223 e. The number of benzene rings is 1. The summed E-state index contributed by atoms with van der Waals surface area (Å²) in [6.07, 6.45) is 0.418. The summed E-state index contributed by atoms with van der Waals surface area (Å²) in [5, 5.41) is 11.6. The molecule has 0 bridgehead atoms. The van der Waals surface area contributed by atoms with Gasteiger partial charge in [-0.15, -0.1) is 0 Å². The molecule has 0 saturated heterocycles. The quantitative estimate of drug-likeness (QED) is 0.849. The largest absolute Gasteiger partial charge is 0.359 e. The number of hydrogen-bond acceptors (Lipinski definition) is 3. The summed E-state index contributed by atoms with van der Waals surface area (Å²) < 4.78 is 0. The fourth-order valence-electron chi connectivity index (χ4n) is 2.18. The molecular weight excluding hydrogens is 238 g/mol. The third-order valence-electron chi connectivity index (χ3n) is 3.26. The summed E-state index contributed by atoms with van der Waals surface area (Å²) >= 11 is 0. The van der Waals surface area contributed by atoms with Crippen LogP contribution in [0.5, 0.6) is 0 Å². The molecule has 0 heterocycles. The van der Waals surface area contributed by atoms with Crippen LogP contribution in [0.25, 0.3) is 0 Å². The Hall–Kier alpha value is -1.86. The third kappa shape index (κ3) is 4.38. The van der Waals surface area contributed by atoms with Gasteiger partial charge in [-0.25, -0.2) is 0 Å². The Balaban J connectivity index is 2.77. The van der Waals surface area contributed by atoms with Gasteiger partial charge in [0.25, 0.3) is 0 Å². The molecule has 1 amide bonds. The third-order valence-corrected chi connectivity index (χ3v) is 3.26. The van der Waals surface area contributed by atoms with Crippen molar-refractivity contribution < 1.29 is 4.79 Å². The first-order valence-corrected chi connectivity index (χ1v) is 6.43. The van der Waals surface area contributed by atoms with Gasteiger partial charge in [-0.1, -0.05) is 37.3 Å². The van der Waals surface area contributed by atoms with Crippen molar-refractivity contribution in [3.8, 4) is 6.07 Å². The molecule has 0 aromatic heterocycles. The molecule has 1 aromatic carbocycles. The monoisotopic (exact) mass is 259 g/mol. The zero-order valence-electron chi connectivity index (χ0n) is 11.8. The smallest absolute Gasteiger partial charge is 0.223 e. The van der Waals surface area contributed by atoms with Crippen molar-refractivity contribution in [2.24, 2.45) is 5.92 Å². The van der Waals surface area contributed by atoms with Crippen LogP contribution in [0.15, 0.2) is 30.3 Å². The molecule has 1 rings (SSSR count). The molecule has 1 N–H and O–H groups in total. The molecule has 0 radical (unpaired) electrons. The van der Waals surface area contributed by atoms with Gasteiger partial charge in [-0.2, -0.15) is 5.26 Å². The number of nitrogens with one attached hydrogen (secondary N) is 1. The molecule has 0 spiro atoms. The van der Waals surface area contributed by atoms with Crippen molar-refractivity contribution in [2.45, 2.75) is 19.4 Å². The molecule has 0 fully saturated rings. The molecular formula is C15H21N3O. The molecule has 0 saturated carbocycles. The minimum Gasteiger partial charge on any atom is -0.359 e.